The van der Waals surface area contributed by atoms with Crippen LogP contribution >= 0.6 is 0 Å². The summed E-state index contributed by atoms with van der Waals surface area (Å²) in [6.07, 6.45) is 1.40. The average Bonchev–Trinajstić information content (AvgIpc) is 3.35. The zero-order valence-corrected chi connectivity index (χ0v) is 17.6. The Morgan fingerprint density at radius 1 is 1.23 bits per heavy atom. The molecular formula is C20H26N4O6. The molecule has 10 nitrogen and oxygen atoms in total. The van der Waals surface area contributed by atoms with Crippen molar-refractivity contribution in [1.29, 1.82) is 0 Å². The van der Waals surface area contributed by atoms with Crippen molar-refractivity contribution in [1.82, 2.24) is 15.5 Å². The predicted molar refractivity (Wildman–Crippen MR) is 107 cm³/mol. The molecule has 1 N–H and O–H groups in total. The van der Waals surface area contributed by atoms with Gasteiger partial charge in [0.1, 0.15) is 0 Å². The molecule has 0 aliphatic carbocycles. The van der Waals surface area contributed by atoms with Gasteiger partial charge in [0.2, 0.25) is 23.5 Å². The smallest absolute Gasteiger partial charge is 0.227 e. The van der Waals surface area contributed by atoms with Crippen molar-refractivity contribution >= 4 is 17.5 Å². The molecule has 1 unspecified atom stereocenters. The summed E-state index contributed by atoms with van der Waals surface area (Å²) < 4.78 is 21.1. The van der Waals surface area contributed by atoms with Gasteiger partial charge in [-0.2, -0.15) is 4.98 Å². The second kappa shape index (κ2) is 9.47. The van der Waals surface area contributed by atoms with E-state index in [1.807, 2.05) is 0 Å². The molecule has 30 heavy (non-hydrogen) atoms. The van der Waals surface area contributed by atoms with Gasteiger partial charge in [0.15, 0.2) is 17.3 Å². The van der Waals surface area contributed by atoms with Crippen molar-refractivity contribution in [3.05, 3.63) is 23.8 Å². The van der Waals surface area contributed by atoms with Crippen molar-refractivity contribution in [2.75, 3.05) is 39.3 Å². The van der Waals surface area contributed by atoms with Crippen LogP contribution in [-0.2, 0) is 16.0 Å². The number of aromatic nitrogens is 2. The second-order valence-electron chi connectivity index (χ2n) is 6.92. The summed E-state index contributed by atoms with van der Waals surface area (Å²) in [5.74, 6) is 1.76. The highest BCUT2D eigenvalue weighted by atomic mass is 16.5. The van der Waals surface area contributed by atoms with Crippen LogP contribution in [0.3, 0.4) is 0 Å². The highest BCUT2D eigenvalue weighted by Gasteiger charge is 2.35. The fourth-order valence-electron chi connectivity index (χ4n) is 3.39. The Balaban J connectivity index is 1.59. The lowest BCUT2D eigenvalue weighted by atomic mass is 10.1. The maximum atomic E-state index is 12.6. The number of rotatable bonds is 9. The molecule has 162 valence electrons. The van der Waals surface area contributed by atoms with Gasteiger partial charge in [-0.1, -0.05) is 5.16 Å². The van der Waals surface area contributed by atoms with Crippen molar-refractivity contribution in [3.8, 4) is 17.2 Å². The Labute approximate surface area is 174 Å². The topological polar surface area (TPSA) is 116 Å². The number of methoxy groups -OCH3 is 3. The van der Waals surface area contributed by atoms with Crippen molar-refractivity contribution in [2.45, 2.75) is 26.2 Å². The summed E-state index contributed by atoms with van der Waals surface area (Å²) in [4.78, 5) is 30.8. The Morgan fingerprint density at radius 2 is 1.93 bits per heavy atom. The third-order valence-corrected chi connectivity index (χ3v) is 4.89. The number of aryl methyl sites for hydroxylation is 2. The van der Waals surface area contributed by atoms with Crippen LogP contribution in [0.5, 0.6) is 17.2 Å². The van der Waals surface area contributed by atoms with E-state index in [9.17, 15) is 9.59 Å². The number of benzene rings is 1. The molecule has 3 rings (SSSR count). The molecule has 0 radical (unpaired) electrons. The lowest BCUT2D eigenvalue weighted by Gasteiger charge is -2.20. The number of carbonyl (C=O) groups excluding carboxylic acids is 2. The SMILES string of the molecule is COc1cc(N2CC(C(=O)NCCCc3nc(C)no3)CC2=O)cc(OC)c1OC. The number of hydrogen-bond donors (Lipinski definition) is 1. The van der Waals surface area contributed by atoms with E-state index in [2.05, 4.69) is 15.5 Å². The quantitative estimate of drug-likeness (QED) is 0.609. The summed E-state index contributed by atoms with van der Waals surface area (Å²) in [5.41, 5.74) is 0.594. The minimum Gasteiger partial charge on any atom is -0.493 e. The number of nitrogens with zero attached hydrogens (tertiary/aromatic N) is 3. The van der Waals surface area contributed by atoms with Gasteiger partial charge in [0.25, 0.3) is 0 Å². The fourth-order valence-corrected chi connectivity index (χ4v) is 3.39. The molecule has 1 fully saturated rings. The Kier molecular flexibility index (Phi) is 6.76. The van der Waals surface area contributed by atoms with Gasteiger partial charge in [-0.15, -0.1) is 0 Å². The maximum Gasteiger partial charge on any atom is 0.227 e. The van der Waals surface area contributed by atoms with Crippen molar-refractivity contribution in [2.24, 2.45) is 5.92 Å². The van der Waals surface area contributed by atoms with Gasteiger partial charge in [-0.25, -0.2) is 0 Å². The zero-order chi connectivity index (χ0) is 21.7. The largest absolute Gasteiger partial charge is 0.493 e. The first-order chi connectivity index (χ1) is 14.5. The number of amides is 2. The monoisotopic (exact) mass is 418 g/mol. The van der Waals surface area contributed by atoms with Crippen molar-refractivity contribution < 1.29 is 28.3 Å². The standard InChI is InChI=1S/C20H26N4O6/c1-12-22-17(30-23-12)6-5-7-21-20(26)13-8-18(25)24(11-13)14-9-15(27-2)19(29-4)16(10-14)28-3/h9-10,13H,5-8,11H2,1-4H3,(H,21,26). The summed E-state index contributed by atoms with van der Waals surface area (Å²) in [6, 6.07) is 3.40. The number of ether oxygens (including phenoxy) is 3. The first kappa shape index (κ1) is 21.4. The zero-order valence-electron chi connectivity index (χ0n) is 17.6. The summed E-state index contributed by atoms with van der Waals surface area (Å²) in [6.45, 7) is 2.51. The normalized spacial score (nSPS) is 15.9. The number of anilines is 1. The first-order valence-electron chi connectivity index (χ1n) is 9.64. The Bertz CT molecular complexity index is 887. The van der Waals surface area contributed by atoms with E-state index in [4.69, 9.17) is 18.7 Å². The van der Waals surface area contributed by atoms with E-state index in [0.29, 0.717) is 54.0 Å². The summed E-state index contributed by atoms with van der Waals surface area (Å²) >= 11 is 0. The molecule has 2 heterocycles. The molecule has 0 spiro atoms. The minimum absolute atomic E-state index is 0.134. The lowest BCUT2D eigenvalue weighted by Crippen LogP contribution is -2.33. The maximum absolute atomic E-state index is 12.6. The molecule has 0 saturated carbocycles. The van der Waals surface area contributed by atoms with Crippen LogP contribution in [0.2, 0.25) is 0 Å². The molecule has 2 amide bonds. The molecule has 0 bridgehead atoms. The highest BCUT2D eigenvalue weighted by molar-refractivity contribution is 6.00. The van der Waals surface area contributed by atoms with Crippen LogP contribution in [0.1, 0.15) is 24.6 Å². The molecule has 2 aromatic rings. The Hall–Kier alpha value is -3.30. The summed E-state index contributed by atoms with van der Waals surface area (Å²) in [7, 11) is 4.54. The van der Waals surface area contributed by atoms with E-state index in [-0.39, 0.29) is 24.8 Å². The molecule has 1 saturated heterocycles. The third-order valence-electron chi connectivity index (χ3n) is 4.89. The molecule has 10 heteroatoms. The summed E-state index contributed by atoms with van der Waals surface area (Å²) in [5, 5.41) is 6.61. The van der Waals surface area contributed by atoms with Gasteiger partial charge in [0.05, 0.1) is 32.9 Å². The van der Waals surface area contributed by atoms with Crippen LogP contribution in [0.4, 0.5) is 5.69 Å². The number of nitrogens with one attached hydrogen (secondary N) is 1. The van der Waals surface area contributed by atoms with Crippen LogP contribution in [0.25, 0.3) is 0 Å². The van der Waals surface area contributed by atoms with E-state index in [1.165, 1.54) is 21.3 Å². The second-order valence-corrected chi connectivity index (χ2v) is 6.92. The van der Waals surface area contributed by atoms with Gasteiger partial charge in [-0.05, 0) is 13.3 Å². The number of carbonyl (C=O) groups is 2. The highest BCUT2D eigenvalue weighted by Crippen LogP contribution is 2.42. The molecular weight excluding hydrogens is 392 g/mol. The van der Waals surface area contributed by atoms with E-state index >= 15 is 0 Å². The third kappa shape index (κ3) is 4.64. The fraction of sp³-hybridized carbons (Fsp3) is 0.500. The molecule has 1 aromatic heterocycles. The van der Waals surface area contributed by atoms with Gasteiger partial charge in [0, 0.05) is 38.1 Å². The van der Waals surface area contributed by atoms with Crippen LogP contribution in [0, 0.1) is 12.8 Å². The van der Waals surface area contributed by atoms with Gasteiger partial charge in [-0.3, -0.25) is 9.59 Å². The lowest BCUT2D eigenvalue weighted by molar-refractivity contribution is -0.126. The van der Waals surface area contributed by atoms with E-state index in [0.717, 1.165) is 0 Å². The average molecular weight is 418 g/mol. The van der Waals surface area contributed by atoms with Gasteiger partial charge >= 0.3 is 0 Å². The number of hydrogen-bond acceptors (Lipinski definition) is 8. The van der Waals surface area contributed by atoms with Crippen LogP contribution in [0.15, 0.2) is 16.7 Å². The molecule has 1 aliphatic rings. The predicted octanol–water partition coefficient (Wildman–Crippen LogP) is 1.51. The molecule has 1 aromatic carbocycles. The minimum atomic E-state index is -0.428. The van der Waals surface area contributed by atoms with E-state index in [1.54, 1.807) is 24.0 Å². The van der Waals surface area contributed by atoms with Crippen LogP contribution in [-0.4, -0.2) is 56.4 Å². The van der Waals surface area contributed by atoms with E-state index < -0.39 is 5.92 Å². The van der Waals surface area contributed by atoms with Crippen molar-refractivity contribution in [3.63, 3.8) is 0 Å². The van der Waals surface area contributed by atoms with Gasteiger partial charge < -0.3 is 29.0 Å². The Morgan fingerprint density at radius 3 is 2.50 bits per heavy atom. The molecule has 1 aliphatic heterocycles. The van der Waals surface area contributed by atoms with Crippen LogP contribution < -0.4 is 24.4 Å². The molecule has 1 atom stereocenters. The first-order valence-corrected chi connectivity index (χ1v) is 9.64.